The Hall–Kier alpha value is -1.83. The molecule has 0 heterocycles. The van der Waals surface area contributed by atoms with Crippen LogP contribution in [0, 0.1) is 6.92 Å². The molecule has 0 aliphatic rings. The molecule has 0 spiro atoms. The number of unbranched alkanes of at least 4 members (excludes halogenated alkanes) is 1. The van der Waals surface area contributed by atoms with E-state index in [2.05, 4.69) is 38.1 Å². The minimum Gasteiger partial charge on any atom is -0.463 e. The predicted molar refractivity (Wildman–Crippen MR) is 79.8 cm³/mol. The number of carbonyl (C=O) groups excluding carboxylic acids is 1. The van der Waals surface area contributed by atoms with E-state index in [0.717, 1.165) is 24.0 Å². The summed E-state index contributed by atoms with van der Waals surface area (Å²) in [6.45, 7) is 6.66. The molecule has 0 aromatic heterocycles. The molecule has 0 saturated carbocycles. The van der Waals surface area contributed by atoms with Gasteiger partial charge in [0.05, 0.1) is 6.61 Å². The van der Waals surface area contributed by atoms with Gasteiger partial charge in [-0.2, -0.15) is 0 Å². The smallest absolute Gasteiger partial charge is 0.330 e. The third-order valence-corrected chi connectivity index (χ3v) is 2.83. The van der Waals surface area contributed by atoms with E-state index >= 15 is 0 Å². The Balaban J connectivity index is 2.51. The zero-order chi connectivity index (χ0) is 14.1. The Morgan fingerprint density at radius 3 is 2.58 bits per heavy atom. The van der Waals surface area contributed by atoms with Gasteiger partial charge >= 0.3 is 5.97 Å². The minimum absolute atomic E-state index is 0.276. The summed E-state index contributed by atoms with van der Waals surface area (Å²) in [4.78, 5) is 11.3. The van der Waals surface area contributed by atoms with Crippen LogP contribution in [0.1, 0.15) is 37.8 Å². The molecular formula is C17H22O2. The van der Waals surface area contributed by atoms with Gasteiger partial charge in [-0.25, -0.2) is 4.79 Å². The van der Waals surface area contributed by atoms with E-state index in [1.54, 1.807) is 6.08 Å². The number of benzene rings is 1. The molecular weight excluding hydrogens is 236 g/mol. The molecule has 0 N–H and O–H groups in total. The first kappa shape index (κ1) is 15.2. The molecule has 2 heteroatoms. The molecule has 1 aromatic carbocycles. The summed E-state index contributed by atoms with van der Waals surface area (Å²) >= 11 is 0. The van der Waals surface area contributed by atoms with Crippen molar-refractivity contribution in [3.05, 3.63) is 53.6 Å². The van der Waals surface area contributed by atoms with Gasteiger partial charge in [-0.3, -0.25) is 0 Å². The van der Waals surface area contributed by atoms with Gasteiger partial charge < -0.3 is 4.74 Å². The highest BCUT2D eigenvalue weighted by Gasteiger charge is 1.96. The Morgan fingerprint density at radius 1 is 1.26 bits per heavy atom. The molecule has 0 aliphatic carbocycles. The van der Waals surface area contributed by atoms with Gasteiger partial charge in [0.15, 0.2) is 0 Å². The van der Waals surface area contributed by atoms with Crippen molar-refractivity contribution in [3.8, 4) is 0 Å². The van der Waals surface area contributed by atoms with Gasteiger partial charge in [-0.1, -0.05) is 55.3 Å². The van der Waals surface area contributed by atoms with Crippen LogP contribution in [-0.2, 0) is 9.53 Å². The lowest BCUT2D eigenvalue weighted by Gasteiger charge is -2.01. The second kappa shape index (κ2) is 8.30. The number of hydrogen-bond acceptors (Lipinski definition) is 2. The molecule has 19 heavy (non-hydrogen) atoms. The van der Waals surface area contributed by atoms with Gasteiger partial charge in [-0.15, -0.1) is 0 Å². The maximum absolute atomic E-state index is 11.3. The summed E-state index contributed by atoms with van der Waals surface area (Å²) in [6.07, 6.45) is 7.07. The second-order valence-electron chi connectivity index (χ2n) is 4.60. The third-order valence-electron chi connectivity index (χ3n) is 2.83. The van der Waals surface area contributed by atoms with Crippen molar-refractivity contribution in [3.63, 3.8) is 0 Å². The average molecular weight is 258 g/mol. The van der Waals surface area contributed by atoms with Crippen LogP contribution in [0.15, 0.2) is 42.5 Å². The molecule has 0 aliphatic heterocycles. The van der Waals surface area contributed by atoms with Crippen molar-refractivity contribution >= 4 is 11.5 Å². The van der Waals surface area contributed by atoms with Crippen LogP contribution in [-0.4, -0.2) is 12.6 Å². The van der Waals surface area contributed by atoms with Crippen molar-refractivity contribution in [1.82, 2.24) is 0 Å². The molecule has 0 saturated heterocycles. The number of aryl methyl sites for hydroxylation is 1. The average Bonchev–Trinajstić information content (AvgIpc) is 2.39. The summed E-state index contributed by atoms with van der Waals surface area (Å²) in [7, 11) is 0. The van der Waals surface area contributed by atoms with E-state index in [0.29, 0.717) is 6.61 Å². The van der Waals surface area contributed by atoms with Crippen molar-refractivity contribution in [1.29, 1.82) is 0 Å². The van der Waals surface area contributed by atoms with E-state index < -0.39 is 0 Å². The molecule has 0 radical (unpaired) electrons. The molecule has 0 atom stereocenters. The SMILES string of the molecule is CCCCOC(=O)/C=C/C=C(/C)c1ccc(C)cc1. The maximum Gasteiger partial charge on any atom is 0.330 e. The van der Waals surface area contributed by atoms with Crippen molar-refractivity contribution < 1.29 is 9.53 Å². The minimum atomic E-state index is -0.276. The van der Waals surface area contributed by atoms with Crippen LogP contribution >= 0.6 is 0 Å². The number of allylic oxidation sites excluding steroid dienone is 3. The van der Waals surface area contributed by atoms with Gasteiger partial charge in [0.2, 0.25) is 0 Å². The first-order chi connectivity index (χ1) is 9.13. The molecule has 1 rings (SSSR count). The highest BCUT2D eigenvalue weighted by Crippen LogP contribution is 2.14. The van der Waals surface area contributed by atoms with E-state index in [1.807, 2.05) is 13.0 Å². The molecule has 1 aromatic rings. The number of esters is 1. The summed E-state index contributed by atoms with van der Waals surface area (Å²) < 4.78 is 5.03. The number of rotatable bonds is 6. The van der Waals surface area contributed by atoms with Crippen LogP contribution in [0.5, 0.6) is 0 Å². The zero-order valence-corrected chi connectivity index (χ0v) is 12.0. The van der Waals surface area contributed by atoms with Gasteiger partial charge in [0, 0.05) is 6.08 Å². The zero-order valence-electron chi connectivity index (χ0n) is 12.0. The fraction of sp³-hybridized carbons (Fsp3) is 0.353. The number of carbonyl (C=O) groups is 1. The van der Waals surface area contributed by atoms with Crippen LogP contribution < -0.4 is 0 Å². The molecule has 0 fully saturated rings. The van der Waals surface area contributed by atoms with Crippen LogP contribution in [0.3, 0.4) is 0 Å². The van der Waals surface area contributed by atoms with E-state index in [9.17, 15) is 4.79 Å². The number of hydrogen-bond donors (Lipinski definition) is 0. The topological polar surface area (TPSA) is 26.3 Å². The molecule has 102 valence electrons. The van der Waals surface area contributed by atoms with E-state index in [-0.39, 0.29) is 5.97 Å². The summed E-state index contributed by atoms with van der Waals surface area (Å²) in [5.41, 5.74) is 3.53. The summed E-state index contributed by atoms with van der Waals surface area (Å²) in [5, 5.41) is 0. The number of ether oxygens (including phenoxy) is 1. The fourth-order valence-corrected chi connectivity index (χ4v) is 1.55. The van der Waals surface area contributed by atoms with Crippen molar-refractivity contribution in [2.24, 2.45) is 0 Å². The van der Waals surface area contributed by atoms with Crippen molar-refractivity contribution in [2.75, 3.05) is 6.61 Å². The molecule has 2 nitrogen and oxygen atoms in total. The standard InChI is InChI=1S/C17H22O2/c1-4-5-13-19-17(18)8-6-7-15(3)16-11-9-14(2)10-12-16/h6-12H,4-5,13H2,1-3H3/b8-6+,15-7-. The maximum atomic E-state index is 11.3. The first-order valence-electron chi connectivity index (χ1n) is 6.72. The lowest BCUT2D eigenvalue weighted by Crippen LogP contribution is -2.01. The lowest BCUT2D eigenvalue weighted by molar-refractivity contribution is -0.137. The fourth-order valence-electron chi connectivity index (χ4n) is 1.55. The lowest BCUT2D eigenvalue weighted by atomic mass is 10.1. The van der Waals surface area contributed by atoms with Gasteiger partial charge in [0.25, 0.3) is 0 Å². The van der Waals surface area contributed by atoms with E-state index in [4.69, 9.17) is 4.74 Å². The largest absolute Gasteiger partial charge is 0.463 e. The van der Waals surface area contributed by atoms with Crippen molar-refractivity contribution in [2.45, 2.75) is 33.6 Å². The summed E-state index contributed by atoms with van der Waals surface area (Å²) in [6, 6.07) is 8.31. The summed E-state index contributed by atoms with van der Waals surface area (Å²) in [5.74, 6) is -0.276. The normalized spacial score (nSPS) is 11.8. The van der Waals surface area contributed by atoms with E-state index in [1.165, 1.54) is 11.6 Å². The molecule has 0 bridgehead atoms. The van der Waals surface area contributed by atoms with Gasteiger partial charge in [-0.05, 0) is 31.4 Å². The highest BCUT2D eigenvalue weighted by molar-refractivity contribution is 5.82. The third kappa shape index (κ3) is 6.05. The Kier molecular flexibility index (Phi) is 6.65. The Morgan fingerprint density at radius 2 is 1.95 bits per heavy atom. The molecule has 0 amide bonds. The Labute approximate surface area is 115 Å². The van der Waals surface area contributed by atoms with Crippen LogP contribution in [0.2, 0.25) is 0 Å². The highest BCUT2D eigenvalue weighted by atomic mass is 16.5. The van der Waals surface area contributed by atoms with Crippen LogP contribution in [0.25, 0.3) is 5.57 Å². The first-order valence-corrected chi connectivity index (χ1v) is 6.72. The quantitative estimate of drug-likeness (QED) is 0.329. The van der Waals surface area contributed by atoms with Gasteiger partial charge in [0.1, 0.15) is 0 Å². The monoisotopic (exact) mass is 258 g/mol. The van der Waals surface area contributed by atoms with Crippen LogP contribution in [0.4, 0.5) is 0 Å². The second-order valence-corrected chi connectivity index (χ2v) is 4.60. The molecule has 0 unspecified atom stereocenters. The Bertz CT molecular complexity index is 453. The predicted octanol–water partition coefficient (Wildman–Crippen LogP) is 4.30.